The van der Waals surface area contributed by atoms with Crippen molar-refractivity contribution in [2.24, 2.45) is 5.92 Å². The lowest BCUT2D eigenvalue weighted by Gasteiger charge is -2.22. The minimum atomic E-state index is -3.12. The molecule has 0 radical (unpaired) electrons. The quantitative estimate of drug-likeness (QED) is 0.896. The summed E-state index contributed by atoms with van der Waals surface area (Å²) in [6.07, 6.45) is 4.71. The van der Waals surface area contributed by atoms with Crippen LogP contribution in [0, 0.1) is 5.92 Å². The van der Waals surface area contributed by atoms with Gasteiger partial charge in [0, 0.05) is 6.26 Å². The van der Waals surface area contributed by atoms with Crippen molar-refractivity contribution in [3.8, 4) is 5.75 Å². The Morgan fingerprint density at radius 1 is 1.21 bits per heavy atom. The molecule has 0 amide bonds. The van der Waals surface area contributed by atoms with Gasteiger partial charge in [0.15, 0.2) is 9.84 Å². The Morgan fingerprint density at radius 3 is 2.42 bits per heavy atom. The third kappa shape index (κ3) is 4.51. The summed E-state index contributed by atoms with van der Waals surface area (Å²) in [5.41, 5.74) is 0. The summed E-state index contributed by atoms with van der Waals surface area (Å²) in [5, 5.41) is 3.35. The Kier molecular flexibility index (Phi) is 4.82. The molecule has 0 saturated carbocycles. The summed E-state index contributed by atoms with van der Waals surface area (Å²) in [7, 11) is -3.12. The topological polar surface area (TPSA) is 55.4 Å². The van der Waals surface area contributed by atoms with Crippen LogP contribution in [-0.4, -0.2) is 34.4 Å². The minimum absolute atomic E-state index is 0.332. The number of ether oxygens (including phenoxy) is 1. The molecule has 0 bridgehead atoms. The average Bonchev–Trinajstić information content (AvgIpc) is 2.39. The number of nitrogens with one attached hydrogen (secondary N) is 1. The molecule has 19 heavy (non-hydrogen) atoms. The van der Waals surface area contributed by atoms with E-state index < -0.39 is 9.84 Å². The number of hydrogen-bond acceptors (Lipinski definition) is 4. The van der Waals surface area contributed by atoms with E-state index >= 15 is 0 Å². The van der Waals surface area contributed by atoms with Crippen LogP contribution in [0.15, 0.2) is 29.2 Å². The van der Waals surface area contributed by atoms with Crippen molar-refractivity contribution in [1.82, 2.24) is 5.32 Å². The van der Waals surface area contributed by atoms with E-state index in [-0.39, 0.29) is 0 Å². The van der Waals surface area contributed by atoms with Crippen molar-refractivity contribution < 1.29 is 13.2 Å². The summed E-state index contributed by atoms with van der Waals surface area (Å²) >= 11 is 0. The van der Waals surface area contributed by atoms with Crippen LogP contribution in [0.2, 0.25) is 0 Å². The molecule has 1 N–H and O–H groups in total. The van der Waals surface area contributed by atoms with Crippen LogP contribution in [0.25, 0.3) is 0 Å². The maximum Gasteiger partial charge on any atom is 0.175 e. The van der Waals surface area contributed by atoms with Crippen molar-refractivity contribution in [2.45, 2.75) is 24.2 Å². The summed E-state index contributed by atoms with van der Waals surface area (Å²) in [4.78, 5) is 0.332. The van der Waals surface area contributed by atoms with Gasteiger partial charge < -0.3 is 10.1 Å². The average molecular weight is 283 g/mol. The van der Waals surface area contributed by atoms with Gasteiger partial charge in [-0.25, -0.2) is 8.42 Å². The highest BCUT2D eigenvalue weighted by molar-refractivity contribution is 7.90. The highest BCUT2D eigenvalue weighted by Gasteiger charge is 2.12. The number of hydrogen-bond donors (Lipinski definition) is 1. The highest BCUT2D eigenvalue weighted by atomic mass is 32.2. The molecule has 2 rings (SSSR count). The van der Waals surface area contributed by atoms with Gasteiger partial charge in [-0.2, -0.15) is 0 Å². The van der Waals surface area contributed by atoms with Gasteiger partial charge in [-0.1, -0.05) is 0 Å². The fraction of sp³-hybridized carbons (Fsp3) is 0.571. The third-order valence-electron chi connectivity index (χ3n) is 3.51. The molecule has 4 nitrogen and oxygen atoms in total. The summed E-state index contributed by atoms with van der Waals surface area (Å²) in [6, 6.07) is 6.63. The lowest BCUT2D eigenvalue weighted by Crippen LogP contribution is -2.28. The van der Waals surface area contributed by atoms with Crippen LogP contribution >= 0.6 is 0 Å². The van der Waals surface area contributed by atoms with Gasteiger partial charge in [-0.05, 0) is 62.5 Å². The summed E-state index contributed by atoms with van der Waals surface area (Å²) in [5.74, 6) is 1.48. The van der Waals surface area contributed by atoms with Crippen LogP contribution < -0.4 is 10.1 Å². The zero-order valence-electron chi connectivity index (χ0n) is 11.3. The fourth-order valence-electron chi connectivity index (χ4n) is 2.30. The normalized spacial score (nSPS) is 17.3. The van der Waals surface area contributed by atoms with Gasteiger partial charge in [0.1, 0.15) is 5.75 Å². The second-order valence-corrected chi connectivity index (χ2v) is 7.09. The van der Waals surface area contributed by atoms with E-state index in [1.165, 1.54) is 19.1 Å². The number of sulfone groups is 1. The van der Waals surface area contributed by atoms with Gasteiger partial charge in [0.25, 0.3) is 0 Å². The Labute approximate surface area is 115 Å². The van der Waals surface area contributed by atoms with Gasteiger partial charge in [0.05, 0.1) is 11.5 Å². The van der Waals surface area contributed by atoms with Gasteiger partial charge in [-0.15, -0.1) is 0 Å². The molecule has 106 valence electrons. The first kappa shape index (κ1) is 14.3. The maximum absolute atomic E-state index is 11.3. The predicted molar refractivity (Wildman–Crippen MR) is 75.3 cm³/mol. The Bertz CT molecular complexity index is 490. The standard InChI is InChI=1S/C14H21NO3S/c1-19(16,17)14-4-2-13(3-5-14)18-11-8-12-6-9-15-10-7-12/h2-5,12,15H,6-11H2,1H3. The van der Waals surface area contributed by atoms with Crippen LogP contribution in [0.3, 0.4) is 0 Å². The molecule has 0 atom stereocenters. The summed E-state index contributed by atoms with van der Waals surface area (Å²) in [6.45, 7) is 2.91. The van der Waals surface area contributed by atoms with E-state index in [2.05, 4.69) is 5.32 Å². The van der Waals surface area contributed by atoms with Gasteiger partial charge >= 0.3 is 0 Å². The van der Waals surface area contributed by atoms with E-state index in [0.717, 1.165) is 31.2 Å². The molecule has 1 saturated heterocycles. The van der Waals surface area contributed by atoms with Gasteiger partial charge in [0.2, 0.25) is 0 Å². The Hall–Kier alpha value is -1.07. The molecule has 1 aliphatic heterocycles. The van der Waals surface area contributed by atoms with Crippen molar-refractivity contribution >= 4 is 9.84 Å². The molecule has 1 aromatic carbocycles. The molecular weight excluding hydrogens is 262 g/mol. The van der Waals surface area contributed by atoms with E-state index in [1.807, 2.05) is 0 Å². The van der Waals surface area contributed by atoms with E-state index in [9.17, 15) is 8.42 Å². The van der Waals surface area contributed by atoms with Crippen molar-refractivity contribution in [3.05, 3.63) is 24.3 Å². The first-order valence-electron chi connectivity index (χ1n) is 6.69. The molecule has 5 heteroatoms. The van der Waals surface area contributed by atoms with Crippen molar-refractivity contribution in [3.63, 3.8) is 0 Å². The smallest absolute Gasteiger partial charge is 0.175 e. The molecule has 1 aromatic rings. The van der Waals surface area contributed by atoms with E-state index in [0.29, 0.717) is 11.5 Å². The number of piperidine rings is 1. The molecule has 0 aromatic heterocycles. The second kappa shape index (κ2) is 6.39. The number of rotatable bonds is 5. The SMILES string of the molecule is CS(=O)(=O)c1ccc(OCCC2CCNCC2)cc1. The molecular formula is C14H21NO3S. The first-order valence-corrected chi connectivity index (χ1v) is 8.58. The first-order chi connectivity index (χ1) is 9.05. The molecule has 0 aliphatic carbocycles. The Morgan fingerprint density at radius 2 is 1.84 bits per heavy atom. The zero-order chi connectivity index (χ0) is 13.7. The molecule has 1 heterocycles. The largest absolute Gasteiger partial charge is 0.494 e. The predicted octanol–water partition coefficient (Wildman–Crippen LogP) is 1.86. The third-order valence-corrected chi connectivity index (χ3v) is 4.63. The molecule has 0 unspecified atom stereocenters. The van der Waals surface area contributed by atoms with Crippen molar-refractivity contribution in [2.75, 3.05) is 26.0 Å². The highest BCUT2D eigenvalue weighted by Crippen LogP contribution is 2.19. The van der Waals surface area contributed by atoms with E-state index in [1.54, 1.807) is 24.3 Å². The lowest BCUT2D eigenvalue weighted by atomic mass is 9.95. The minimum Gasteiger partial charge on any atom is -0.494 e. The molecule has 0 spiro atoms. The molecule has 1 aliphatic rings. The van der Waals surface area contributed by atoms with Crippen LogP contribution in [0.1, 0.15) is 19.3 Å². The lowest BCUT2D eigenvalue weighted by molar-refractivity contribution is 0.251. The van der Waals surface area contributed by atoms with Gasteiger partial charge in [-0.3, -0.25) is 0 Å². The number of benzene rings is 1. The van der Waals surface area contributed by atoms with Crippen LogP contribution in [0.5, 0.6) is 5.75 Å². The van der Waals surface area contributed by atoms with Crippen LogP contribution in [-0.2, 0) is 9.84 Å². The zero-order valence-corrected chi connectivity index (χ0v) is 12.1. The fourth-order valence-corrected chi connectivity index (χ4v) is 2.93. The van der Waals surface area contributed by atoms with Crippen LogP contribution in [0.4, 0.5) is 0 Å². The van der Waals surface area contributed by atoms with Crippen molar-refractivity contribution in [1.29, 1.82) is 0 Å². The molecule has 1 fully saturated rings. The Balaban J connectivity index is 1.80. The second-order valence-electron chi connectivity index (χ2n) is 5.07. The van der Waals surface area contributed by atoms with E-state index in [4.69, 9.17) is 4.74 Å². The summed E-state index contributed by atoms with van der Waals surface area (Å²) < 4.78 is 28.3. The monoisotopic (exact) mass is 283 g/mol. The maximum atomic E-state index is 11.3.